The van der Waals surface area contributed by atoms with Crippen LogP contribution in [0.3, 0.4) is 0 Å². The largest absolute Gasteiger partial charge is 0.384 e. The Balaban J connectivity index is 1.89. The third-order valence-electron chi connectivity index (χ3n) is 2.73. The monoisotopic (exact) mass is 197 g/mol. The number of rotatable bonds is 4. The van der Waals surface area contributed by atoms with Gasteiger partial charge in [-0.2, -0.15) is 0 Å². The highest BCUT2D eigenvalue weighted by molar-refractivity contribution is 5.25. The summed E-state index contributed by atoms with van der Waals surface area (Å²) < 4.78 is 6.77. The van der Waals surface area contributed by atoms with Gasteiger partial charge in [-0.25, -0.2) is 4.68 Å². The second-order valence-corrected chi connectivity index (χ2v) is 3.67. The molecule has 0 aromatic carbocycles. The Hall–Kier alpha value is -1.17. The first kappa shape index (κ1) is 9.39. The van der Waals surface area contributed by atoms with Crippen molar-refractivity contribution in [3.05, 3.63) is 0 Å². The van der Waals surface area contributed by atoms with Crippen LogP contribution in [0.2, 0.25) is 0 Å². The standard InChI is InChI=1S/C8H15N5O/c1-13-8(10-11-12-13)9-7-4-3-6(7)5-14-2/h6-7H,3-5H2,1-2H3,(H,9,10,12)/t6-,7-/m1/s1. The number of aryl methyl sites for hydroxylation is 1. The van der Waals surface area contributed by atoms with Gasteiger partial charge in [-0.15, -0.1) is 0 Å². The average Bonchev–Trinajstić information content (AvgIpc) is 2.55. The quantitative estimate of drug-likeness (QED) is 0.738. The Morgan fingerprint density at radius 3 is 2.93 bits per heavy atom. The van der Waals surface area contributed by atoms with E-state index in [1.54, 1.807) is 11.8 Å². The number of tetrazole rings is 1. The van der Waals surface area contributed by atoms with E-state index in [-0.39, 0.29) is 0 Å². The van der Waals surface area contributed by atoms with Crippen LogP contribution in [0.5, 0.6) is 0 Å². The van der Waals surface area contributed by atoms with Crippen molar-refractivity contribution >= 4 is 5.95 Å². The number of hydrogen-bond acceptors (Lipinski definition) is 5. The molecule has 0 spiro atoms. The molecule has 14 heavy (non-hydrogen) atoms. The molecule has 6 nitrogen and oxygen atoms in total. The van der Waals surface area contributed by atoms with Gasteiger partial charge in [-0.1, -0.05) is 5.10 Å². The number of aromatic nitrogens is 4. The van der Waals surface area contributed by atoms with Crippen molar-refractivity contribution in [2.45, 2.75) is 18.9 Å². The predicted molar refractivity (Wildman–Crippen MR) is 50.8 cm³/mol. The zero-order valence-corrected chi connectivity index (χ0v) is 8.47. The van der Waals surface area contributed by atoms with E-state index in [0.717, 1.165) is 12.6 Å². The maximum absolute atomic E-state index is 5.13. The van der Waals surface area contributed by atoms with E-state index in [9.17, 15) is 0 Å². The zero-order chi connectivity index (χ0) is 9.97. The summed E-state index contributed by atoms with van der Waals surface area (Å²) in [6.45, 7) is 0.808. The fourth-order valence-corrected chi connectivity index (χ4v) is 1.69. The molecule has 1 aromatic rings. The van der Waals surface area contributed by atoms with E-state index < -0.39 is 0 Å². The maximum Gasteiger partial charge on any atom is 0.242 e. The average molecular weight is 197 g/mol. The Labute approximate surface area is 82.6 Å². The van der Waals surface area contributed by atoms with Gasteiger partial charge < -0.3 is 10.1 Å². The summed E-state index contributed by atoms with van der Waals surface area (Å²) >= 11 is 0. The highest BCUT2D eigenvalue weighted by Gasteiger charge is 2.31. The minimum Gasteiger partial charge on any atom is -0.384 e. The van der Waals surface area contributed by atoms with Gasteiger partial charge >= 0.3 is 0 Å². The number of anilines is 1. The summed E-state index contributed by atoms with van der Waals surface area (Å²) in [6, 6.07) is 0.458. The zero-order valence-electron chi connectivity index (χ0n) is 8.47. The van der Waals surface area contributed by atoms with E-state index in [2.05, 4.69) is 20.8 Å². The summed E-state index contributed by atoms with van der Waals surface area (Å²) in [5, 5.41) is 14.5. The summed E-state index contributed by atoms with van der Waals surface area (Å²) in [5.41, 5.74) is 0. The third-order valence-corrected chi connectivity index (χ3v) is 2.73. The van der Waals surface area contributed by atoms with Gasteiger partial charge in [0, 0.05) is 26.1 Å². The Bertz CT molecular complexity index is 300. The number of methoxy groups -OCH3 is 1. The van der Waals surface area contributed by atoms with E-state index in [4.69, 9.17) is 4.74 Å². The molecule has 2 rings (SSSR count). The second-order valence-electron chi connectivity index (χ2n) is 3.67. The van der Waals surface area contributed by atoms with Gasteiger partial charge in [0.15, 0.2) is 0 Å². The molecule has 1 aliphatic carbocycles. The highest BCUT2D eigenvalue weighted by atomic mass is 16.5. The first-order valence-electron chi connectivity index (χ1n) is 4.79. The fourth-order valence-electron chi connectivity index (χ4n) is 1.69. The summed E-state index contributed by atoms with van der Waals surface area (Å²) in [6.07, 6.45) is 2.39. The molecule has 2 atom stereocenters. The lowest BCUT2D eigenvalue weighted by Crippen LogP contribution is -2.41. The minimum absolute atomic E-state index is 0.458. The number of ether oxygens (including phenoxy) is 1. The molecular formula is C8H15N5O. The molecule has 1 N–H and O–H groups in total. The first-order chi connectivity index (χ1) is 6.81. The van der Waals surface area contributed by atoms with E-state index in [1.165, 1.54) is 12.8 Å². The van der Waals surface area contributed by atoms with Gasteiger partial charge in [0.2, 0.25) is 5.95 Å². The molecule has 1 aliphatic rings. The van der Waals surface area contributed by atoms with E-state index in [0.29, 0.717) is 12.0 Å². The summed E-state index contributed by atoms with van der Waals surface area (Å²) in [5.74, 6) is 1.33. The molecule has 0 unspecified atom stereocenters. The smallest absolute Gasteiger partial charge is 0.242 e. The normalized spacial score (nSPS) is 25.9. The molecule has 0 saturated heterocycles. The molecule has 1 heterocycles. The van der Waals surface area contributed by atoms with Crippen LogP contribution in [0.25, 0.3) is 0 Å². The number of hydrogen-bond donors (Lipinski definition) is 1. The lowest BCUT2D eigenvalue weighted by molar-refractivity contribution is 0.101. The molecular weight excluding hydrogens is 182 g/mol. The SMILES string of the molecule is COC[C@H]1CC[C@H]1Nc1nnnn1C. The maximum atomic E-state index is 5.13. The molecule has 78 valence electrons. The van der Waals surface area contributed by atoms with Crippen LogP contribution in [-0.2, 0) is 11.8 Å². The molecule has 0 bridgehead atoms. The topological polar surface area (TPSA) is 64.9 Å². The lowest BCUT2D eigenvalue weighted by Gasteiger charge is -2.36. The van der Waals surface area contributed by atoms with Crippen LogP contribution in [0.15, 0.2) is 0 Å². The fraction of sp³-hybridized carbons (Fsp3) is 0.875. The van der Waals surface area contributed by atoms with Crippen molar-refractivity contribution in [2.75, 3.05) is 19.0 Å². The molecule has 1 fully saturated rings. The van der Waals surface area contributed by atoms with E-state index >= 15 is 0 Å². The van der Waals surface area contributed by atoms with Gasteiger partial charge in [0.25, 0.3) is 0 Å². The van der Waals surface area contributed by atoms with Crippen LogP contribution in [0, 0.1) is 5.92 Å². The predicted octanol–water partition coefficient (Wildman–Crippen LogP) is 0.0470. The van der Waals surface area contributed by atoms with Gasteiger partial charge in [-0.05, 0) is 23.3 Å². The summed E-state index contributed by atoms with van der Waals surface area (Å²) in [7, 11) is 3.56. The molecule has 6 heteroatoms. The molecule has 0 aliphatic heterocycles. The Morgan fingerprint density at radius 1 is 1.57 bits per heavy atom. The first-order valence-corrected chi connectivity index (χ1v) is 4.79. The van der Waals surface area contributed by atoms with Crippen LogP contribution in [-0.4, -0.2) is 40.0 Å². The highest BCUT2D eigenvalue weighted by Crippen LogP contribution is 2.29. The third kappa shape index (κ3) is 1.70. The van der Waals surface area contributed by atoms with E-state index in [1.807, 2.05) is 7.05 Å². The lowest BCUT2D eigenvalue weighted by atomic mass is 9.80. The van der Waals surface area contributed by atoms with Crippen molar-refractivity contribution in [3.63, 3.8) is 0 Å². The molecule has 1 aromatic heterocycles. The van der Waals surface area contributed by atoms with Crippen molar-refractivity contribution in [1.29, 1.82) is 0 Å². The van der Waals surface area contributed by atoms with Crippen LogP contribution < -0.4 is 5.32 Å². The van der Waals surface area contributed by atoms with Crippen LogP contribution in [0.4, 0.5) is 5.95 Å². The van der Waals surface area contributed by atoms with Gasteiger partial charge in [0.1, 0.15) is 0 Å². The van der Waals surface area contributed by atoms with Gasteiger partial charge in [0.05, 0.1) is 6.61 Å². The Kier molecular flexibility index (Phi) is 2.62. The Morgan fingerprint density at radius 2 is 2.43 bits per heavy atom. The van der Waals surface area contributed by atoms with Crippen molar-refractivity contribution in [1.82, 2.24) is 20.2 Å². The molecule has 0 amide bonds. The van der Waals surface area contributed by atoms with Crippen molar-refractivity contribution in [2.24, 2.45) is 13.0 Å². The summed E-state index contributed by atoms with van der Waals surface area (Å²) in [4.78, 5) is 0. The van der Waals surface area contributed by atoms with Crippen molar-refractivity contribution < 1.29 is 4.74 Å². The number of nitrogens with zero attached hydrogens (tertiary/aromatic N) is 4. The van der Waals surface area contributed by atoms with Crippen LogP contribution in [0.1, 0.15) is 12.8 Å². The number of nitrogens with one attached hydrogen (secondary N) is 1. The minimum atomic E-state index is 0.458. The molecule has 1 saturated carbocycles. The second kappa shape index (κ2) is 3.91. The van der Waals surface area contributed by atoms with Crippen LogP contribution >= 0.6 is 0 Å². The van der Waals surface area contributed by atoms with Gasteiger partial charge in [-0.3, -0.25) is 0 Å². The molecule has 0 radical (unpaired) electrons. The van der Waals surface area contributed by atoms with Crippen molar-refractivity contribution in [3.8, 4) is 0 Å².